The third-order valence-corrected chi connectivity index (χ3v) is 5.32. The van der Waals surface area contributed by atoms with Gasteiger partial charge in [-0.25, -0.2) is 18.7 Å². The summed E-state index contributed by atoms with van der Waals surface area (Å²) in [5.74, 6) is -0.297. The van der Waals surface area contributed by atoms with Crippen molar-refractivity contribution in [1.82, 2.24) is 24.9 Å². The SMILES string of the molecule is C[C@H](Nc1ccnc2ccnn12)c1cc2c(F)cc(F)cc2nc1N1CCNC(=O)C1. The molecule has 1 aromatic carbocycles. The van der Waals surface area contributed by atoms with Gasteiger partial charge >= 0.3 is 0 Å². The summed E-state index contributed by atoms with van der Waals surface area (Å²) in [5, 5.41) is 10.6. The molecule has 0 unspecified atom stereocenters. The number of carbonyl (C=O) groups is 1. The fourth-order valence-electron chi connectivity index (χ4n) is 3.84. The summed E-state index contributed by atoms with van der Waals surface area (Å²) in [6.07, 6.45) is 3.32. The van der Waals surface area contributed by atoms with E-state index in [1.807, 2.05) is 11.8 Å². The molecule has 3 aromatic heterocycles. The summed E-state index contributed by atoms with van der Waals surface area (Å²) in [5.41, 5.74) is 1.57. The Morgan fingerprint density at radius 2 is 2.06 bits per heavy atom. The average molecular weight is 423 g/mol. The summed E-state index contributed by atoms with van der Waals surface area (Å²) in [6, 6.07) is 6.96. The maximum atomic E-state index is 14.5. The molecule has 1 saturated heterocycles. The van der Waals surface area contributed by atoms with Gasteiger partial charge in [-0.1, -0.05) is 0 Å². The van der Waals surface area contributed by atoms with E-state index in [2.05, 4.69) is 25.7 Å². The van der Waals surface area contributed by atoms with Gasteiger partial charge in [-0.2, -0.15) is 9.61 Å². The van der Waals surface area contributed by atoms with Gasteiger partial charge in [0.05, 0.1) is 24.3 Å². The minimum absolute atomic E-state index is 0.120. The van der Waals surface area contributed by atoms with Crippen LogP contribution in [-0.2, 0) is 4.79 Å². The molecule has 0 bridgehead atoms. The zero-order valence-corrected chi connectivity index (χ0v) is 16.6. The lowest BCUT2D eigenvalue weighted by Crippen LogP contribution is -2.48. The Morgan fingerprint density at radius 1 is 1.19 bits per heavy atom. The van der Waals surface area contributed by atoms with E-state index in [9.17, 15) is 13.6 Å². The Labute approximate surface area is 175 Å². The number of amides is 1. The summed E-state index contributed by atoms with van der Waals surface area (Å²) in [7, 11) is 0. The highest BCUT2D eigenvalue weighted by atomic mass is 19.1. The predicted molar refractivity (Wildman–Crippen MR) is 112 cm³/mol. The Hall–Kier alpha value is -3.82. The van der Waals surface area contributed by atoms with Crippen LogP contribution in [-0.4, -0.2) is 45.1 Å². The van der Waals surface area contributed by atoms with Crippen LogP contribution in [0.2, 0.25) is 0 Å². The number of nitrogens with zero attached hydrogens (tertiary/aromatic N) is 5. The third-order valence-electron chi connectivity index (χ3n) is 5.32. The van der Waals surface area contributed by atoms with Crippen LogP contribution in [0.1, 0.15) is 18.5 Å². The first-order valence-electron chi connectivity index (χ1n) is 9.86. The predicted octanol–water partition coefficient (Wildman–Crippen LogP) is 2.67. The van der Waals surface area contributed by atoms with Gasteiger partial charge in [-0.05, 0) is 19.1 Å². The monoisotopic (exact) mass is 423 g/mol. The molecular weight excluding hydrogens is 404 g/mol. The van der Waals surface area contributed by atoms with Crippen LogP contribution < -0.4 is 15.5 Å². The van der Waals surface area contributed by atoms with E-state index in [1.54, 1.807) is 35.1 Å². The molecule has 0 saturated carbocycles. The van der Waals surface area contributed by atoms with E-state index < -0.39 is 11.6 Å². The van der Waals surface area contributed by atoms with Crippen molar-refractivity contribution < 1.29 is 13.6 Å². The molecule has 1 aliphatic heterocycles. The number of aromatic nitrogens is 4. The highest BCUT2D eigenvalue weighted by Crippen LogP contribution is 2.32. The van der Waals surface area contributed by atoms with Crippen LogP contribution in [0.5, 0.6) is 0 Å². The fourth-order valence-corrected chi connectivity index (χ4v) is 3.84. The topological polar surface area (TPSA) is 87.4 Å². The molecule has 0 radical (unpaired) electrons. The van der Waals surface area contributed by atoms with E-state index in [4.69, 9.17) is 0 Å². The van der Waals surface area contributed by atoms with Gasteiger partial charge in [-0.3, -0.25) is 4.79 Å². The molecular formula is C21H19F2N7O. The van der Waals surface area contributed by atoms with E-state index in [0.29, 0.717) is 35.9 Å². The molecule has 1 fully saturated rings. The molecule has 0 spiro atoms. The Kier molecular flexibility index (Phi) is 4.61. The minimum atomic E-state index is -0.698. The van der Waals surface area contributed by atoms with Gasteiger partial charge in [0.15, 0.2) is 5.65 Å². The summed E-state index contributed by atoms with van der Waals surface area (Å²) < 4.78 is 30.0. The maximum absolute atomic E-state index is 14.5. The van der Waals surface area contributed by atoms with Crippen molar-refractivity contribution >= 4 is 34.1 Å². The molecule has 10 heteroatoms. The molecule has 158 valence electrons. The number of carbonyl (C=O) groups excluding carboxylic acids is 1. The molecule has 4 aromatic rings. The van der Waals surface area contributed by atoms with Crippen molar-refractivity contribution in [3.05, 3.63) is 59.9 Å². The number of fused-ring (bicyclic) bond motifs is 2. The molecule has 5 rings (SSSR count). The molecule has 2 N–H and O–H groups in total. The van der Waals surface area contributed by atoms with Crippen LogP contribution in [0.15, 0.2) is 42.7 Å². The molecule has 8 nitrogen and oxygen atoms in total. The van der Waals surface area contributed by atoms with Gasteiger partial charge in [0.1, 0.15) is 23.3 Å². The number of nitrogens with one attached hydrogen (secondary N) is 2. The van der Waals surface area contributed by atoms with Crippen molar-refractivity contribution in [1.29, 1.82) is 0 Å². The summed E-state index contributed by atoms with van der Waals surface area (Å²) >= 11 is 0. The lowest BCUT2D eigenvalue weighted by Gasteiger charge is -2.31. The Balaban J connectivity index is 1.62. The molecule has 4 heterocycles. The number of rotatable bonds is 4. The second kappa shape index (κ2) is 7.46. The number of benzene rings is 1. The number of anilines is 2. The van der Waals surface area contributed by atoms with Gasteiger partial charge in [-0.15, -0.1) is 0 Å². The van der Waals surface area contributed by atoms with Crippen molar-refractivity contribution in [3.63, 3.8) is 0 Å². The van der Waals surface area contributed by atoms with Crippen LogP contribution >= 0.6 is 0 Å². The molecule has 31 heavy (non-hydrogen) atoms. The smallest absolute Gasteiger partial charge is 0.239 e. The largest absolute Gasteiger partial charge is 0.363 e. The van der Waals surface area contributed by atoms with E-state index in [-0.39, 0.29) is 29.4 Å². The van der Waals surface area contributed by atoms with Crippen molar-refractivity contribution in [2.75, 3.05) is 29.9 Å². The first kappa shape index (κ1) is 19.2. The second-order valence-corrected chi connectivity index (χ2v) is 7.42. The van der Waals surface area contributed by atoms with Gasteiger partial charge in [0.2, 0.25) is 5.91 Å². The van der Waals surface area contributed by atoms with E-state index >= 15 is 0 Å². The Bertz CT molecular complexity index is 1310. The third kappa shape index (κ3) is 3.49. The van der Waals surface area contributed by atoms with Crippen LogP contribution in [0, 0.1) is 11.6 Å². The number of hydrogen-bond acceptors (Lipinski definition) is 6. The zero-order valence-electron chi connectivity index (χ0n) is 16.6. The van der Waals surface area contributed by atoms with E-state index in [0.717, 1.165) is 6.07 Å². The van der Waals surface area contributed by atoms with Crippen molar-refractivity contribution in [2.45, 2.75) is 13.0 Å². The number of pyridine rings is 1. The lowest BCUT2D eigenvalue weighted by atomic mass is 10.0. The molecule has 1 atom stereocenters. The Morgan fingerprint density at radius 3 is 2.90 bits per heavy atom. The first-order valence-corrected chi connectivity index (χ1v) is 9.86. The number of hydrogen-bond donors (Lipinski definition) is 2. The normalized spacial score (nSPS) is 15.3. The van der Waals surface area contributed by atoms with Gasteiger partial charge in [0, 0.05) is 48.4 Å². The quantitative estimate of drug-likeness (QED) is 0.525. The van der Waals surface area contributed by atoms with Crippen LogP contribution in [0.3, 0.4) is 0 Å². The van der Waals surface area contributed by atoms with Gasteiger partial charge in [0.25, 0.3) is 0 Å². The number of halogens is 2. The lowest BCUT2D eigenvalue weighted by molar-refractivity contribution is -0.120. The fraction of sp³-hybridized carbons (Fsp3) is 0.238. The minimum Gasteiger partial charge on any atom is -0.363 e. The summed E-state index contributed by atoms with van der Waals surface area (Å²) in [6.45, 7) is 3.04. The first-order chi connectivity index (χ1) is 15.0. The molecule has 1 amide bonds. The molecule has 1 aliphatic rings. The number of piperazine rings is 1. The van der Waals surface area contributed by atoms with E-state index in [1.165, 1.54) is 6.07 Å². The zero-order chi connectivity index (χ0) is 21.5. The summed E-state index contributed by atoms with van der Waals surface area (Å²) in [4.78, 5) is 22.6. The van der Waals surface area contributed by atoms with Gasteiger partial charge < -0.3 is 15.5 Å². The van der Waals surface area contributed by atoms with Crippen molar-refractivity contribution in [2.24, 2.45) is 0 Å². The van der Waals surface area contributed by atoms with Crippen molar-refractivity contribution in [3.8, 4) is 0 Å². The highest BCUT2D eigenvalue weighted by molar-refractivity contribution is 5.86. The maximum Gasteiger partial charge on any atom is 0.239 e. The average Bonchev–Trinajstić information content (AvgIpc) is 3.23. The standard InChI is InChI=1S/C21H19F2N7O/c1-12(27-19-2-4-24-18-3-5-26-30(18)19)14-10-15-16(23)8-13(22)9-17(15)28-21(14)29-7-6-25-20(31)11-29/h2-5,8-10,12,27H,6-7,11H2,1H3,(H,25,31)/t12-/m0/s1. The van der Waals surface area contributed by atoms with Crippen LogP contribution in [0.4, 0.5) is 20.4 Å². The molecule has 0 aliphatic carbocycles. The second-order valence-electron chi connectivity index (χ2n) is 7.42. The highest BCUT2D eigenvalue weighted by Gasteiger charge is 2.24. The van der Waals surface area contributed by atoms with Crippen LogP contribution in [0.25, 0.3) is 16.6 Å².